The molecule has 0 aliphatic heterocycles. The molecule has 0 saturated heterocycles. The smallest absolute Gasteiger partial charge is 0.242 e. The van der Waals surface area contributed by atoms with Gasteiger partial charge in [0.15, 0.2) is 0 Å². The molecule has 0 radical (unpaired) electrons. The molecule has 1 atom stereocenters. The second kappa shape index (κ2) is 6.72. The van der Waals surface area contributed by atoms with Crippen molar-refractivity contribution in [1.29, 1.82) is 0 Å². The van der Waals surface area contributed by atoms with E-state index in [4.69, 9.17) is 4.74 Å². The third-order valence-corrected chi connectivity index (χ3v) is 3.81. The van der Waals surface area contributed by atoms with Gasteiger partial charge in [0.1, 0.15) is 6.04 Å². The molecule has 2 aromatic rings. The van der Waals surface area contributed by atoms with E-state index in [0.29, 0.717) is 13.2 Å². The quantitative estimate of drug-likeness (QED) is 0.831. The van der Waals surface area contributed by atoms with Gasteiger partial charge in [-0.1, -0.05) is 0 Å². The predicted molar refractivity (Wildman–Crippen MR) is 83.4 cm³/mol. The Bertz CT molecular complexity index is 634. The lowest BCUT2D eigenvalue weighted by atomic mass is 10.1. The minimum absolute atomic E-state index is 0.00336. The van der Waals surface area contributed by atoms with Gasteiger partial charge in [-0.3, -0.25) is 4.79 Å². The number of aromatic nitrogens is 2. The molecule has 2 rings (SSSR count). The highest BCUT2D eigenvalue weighted by Gasteiger charge is 2.17. The van der Waals surface area contributed by atoms with E-state index in [2.05, 4.69) is 36.3 Å². The van der Waals surface area contributed by atoms with E-state index < -0.39 is 0 Å². The monoisotopic (exact) mass is 289 g/mol. The normalized spacial score (nSPS) is 12.6. The molecule has 1 N–H and O–H groups in total. The summed E-state index contributed by atoms with van der Waals surface area (Å²) in [6.45, 7) is 7.31. The number of benzene rings is 1. The molecule has 0 aliphatic rings. The Morgan fingerprint density at radius 1 is 1.38 bits per heavy atom. The van der Waals surface area contributed by atoms with E-state index in [1.807, 2.05) is 11.5 Å². The first kappa shape index (κ1) is 15.5. The molecule has 1 heterocycles. The van der Waals surface area contributed by atoms with E-state index in [9.17, 15) is 4.79 Å². The summed E-state index contributed by atoms with van der Waals surface area (Å²) in [6, 6.07) is 3.87. The number of nitrogens with one attached hydrogen (secondary N) is 1. The van der Waals surface area contributed by atoms with Crippen LogP contribution in [0.4, 0.5) is 0 Å². The van der Waals surface area contributed by atoms with E-state index in [-0.39, 0.29) is 11.9 Å². The van der Waals surface area contributed by atoms with E-state index in [0.717, 1.165) is 17.5 Å². The topological polar surface area (TPSA) is 56.1 Å². The number of amides is 1. The Labute approximate surface area is 125 Å². The summed E-state index contributed by atoms with van der Waals surface area (Å²) in [5, 5.41) is 2.93. The lowest BCUT2D eigenvalue weighted by Gasteiger charge is -2.15. The average Bonchev–Trinajstić information content (AvgIpc) is 2.86. The molecule has 5 nitrogen and oxygen atoms in total. The van der Waals surface area contributed by atoms with Gasteiger partial charge < -0.3 is 14.6 Å². The number of nitrogens with zero attached hydrogens (tertiary/aromatic N) is 2. The molecule has 0 saturated carbocycles. The van der Waals surface area contributed by atoms with Crippen LogP contribution in [0.3, 0.4) is 0 Å². The van der Waals surface area contributed by atoms with Gasteiger partial charge in [-0.05, 0) is 50.5 Å². The molecule has 1 aromatic heterocycles. The molecular formula is C16H23N3O2. The number of carbonyl (C=O) groups excluding carboxylic acids is 1. The minimum Gasteiger partial charge on any atom is -0.385 e. The summed E-state index contributed by atoms with van der Waals surface area (Å²) in [5.74, 6) is 0.00336. The molecule has 21 heavy (non-hydrogen) atoms. The zero-order valence-corrected chi connectivity index (χ0v) is 13.1. The number of carbonyl (C=O) groups is 1. The SMILES string of the molecule is COCCCNC(=O)C(C)n1cnc2cc(C)c(C)cc21. The van der Waals surface area contributed by atoms with E-state index in [1.54, 1.807) is 13.4 Å². The van der Waals surface area contributed by atoms with Gasteiger partial charge in [-0.25, -0.2) is 4.98 Å². The molecule has 114 valence electrons. The highest BCUT2D eigenvalue weighted by atomic mass is 16.5. The number of hydrogen-bond acceptors (Lipinski definition) is 3. The van der Waals surface area contributed by atoms with Crippen LogP contribution in [0.15, 0.2) is 18.5 Å². The fourth-order valence-corrected chi connectivity index (χ4v) is 2.29. The number of rotatable bonds is 6. The van der Waals surface area contributed by atoms with Gasteiger partial charge in [0.2, 0.25) is 5.91 Å². The maximum atomic E-state index is 12.2. The second-order valence-corrected chi connectivity index (χ2v) is 5.39. The van der Waals surface area contributed by atoms with Crippen LogP contribution >= 0.6 is 0 Å². The molecule has 1 unspecified atom stereocenters. The van der Waals surface area contributed by atoms with Crippen molar-refractivity contribution in [3.8, 4) is 0 Å². The highest BCUT2D eigenvalue weighted by Crippen LogP contribution is 2.21. The predicted octanol–water partition coefficient (Wildman–Crippen LogP) is 2.37. The Morgan fingerprint density at radius 2 is 2.10 bits per heavy atom. The van der Waals surface area contributed by atoms with Crippen LogP contribution in [-0.4, -0.2) is 35.7 Å². The molecule has 1 aromatic carbocycles. The Balaban J connectivity index is 2.13. The fraction of sp³-hybridized carbons (Fsp3) is 0.500. The van der Waals surface area contributed by atoms with Crippen molar-refractivity contribution in [3.05, 3.63) is 29.6 Å². The van der Waals surface area contributed by atoms with Crippen LogP contribution in [0.1, 0.15) is 30.5 Å². The van der Waals surface area contributed by atoms with Gasteiger partial charge >= 0.3 is 0 Å². The minimum atomic E-state index is -0.278. The van der Waals surface area contributed by atoms with Crippen molar-refractivity contribution in [2.45, 2.75) is 33.2 Å². The number of ether oxygens (including phenoxy) is 1. The van der Waals surface area contributed by atoms with Crippen LogP contribution in [0, 0.1) is 13.8 Å². The van der Waals surface area contributed by atoms with E-state index >= 15 is 0 Å². The van der Waals surface area contributed by atoms with E-state index in [1.165, 1.54) is 11.1 Å². The van der Waals surface area contributed by atoms with Gasteiger partial charge in [-0.2, -0.15) is 0 Å². The van der Waals surface area contributed by atoms with Crippen molar-refractivity contribution >= 4 is 16.9 Å². The first-order chi connectivity index (χ1) is 10.0. The highest BCUT2D eigenvalue weighted by molar-refractivity contribution is 5.84. The van der Waals surface area contributed by atoms with Crippen LogP contribution in [-0.2, 0) is 9.53 Å². The fourth-order valence-electron chi connectivity index (χ4n) is 2.29. The van der Waals surface area contributed by atoms with Crippen molar-refractivity contribution in [2.24, 2.45) is 0 Å². The third-order valence-electron chi connectivity index (χ3n) is 3.81. The number of hydrogen-bond donors (Lipinski definition) is 1. The summed E-state index contributed by atoms with van der Waals surface area (Å²) in [4.78, 5) is 16.6. The Morgan fingerprint density at radius 3 is 2.81 bits per heavy atom. The zero-order valence-electron chi connectivity index (χ0n) is 13.1. The van der Waals surface area contributed by atoms with Crippen LogP contribution < -0.4 is 5.32 Å². The summed E-state index contributed by atoms with van der Waals surface area (Å²) in [5.41, 5.74) is 4.34. The van der Waals surface area contributed by atoms with Gasteiger partial charge in [0.25, 0.3) is 0 Å². The molecule has 0 fully saturated rings. The van der Waals surface area contributed by atoms with Crippen molar-refractivity contribution in [1.82, 2.24) is 14.9 Å². The summed E-state index contributed by atoms with van der Waals surface area (Å²) in [6.07, 6.45) is 2.56. The molecule has 0 bridgehead atoms. The first-order valence-corrected chi connectivity index (χ1v) is 7.25. The Hall–Kier alpha value is -1.88. The first-order valence-electron chi connectivity index (χ1n) is 7.25. The molecular weight excluding hydrogens is 266 g/mol. The Kier molecular flexibility index (Phi) is 4.96. The maximum absolute atomic E-state index is 12.2. The zero-order chi connectivity index (χ0) is 15.4. The average molecular weight is 289 g/mol. The standard InChI is InChI=1S/C16H23N3O2/c1-11-8-14-15(9-12(11)2)19(10-18-14)13(3)16(20)17-6-5-7-21-4/h8-10,13H,5-7H2,1-4H3,(H,17,20). The van der Waals surface area contributed by atoms with Gasteiger partial charge in [-0.15, -0.1) is 0 Å². The van der Waals surface area contributed by atoms with Gasteiger partial charge in [0.05, 0.1) is 17.4 Å². The number of aryl methyl sites for hydroxylation is 2. The van der Waals surface area contributed by atoms with Crippen LogP contribution in [0.25, 0.3) is 11.0 Å². The van der Waals surface area contributed by atoms with Crippen molar-refractivity contribution in [3.63, 3.8) is 0 Å². The largest absolute Gasteiger partial charge is 0.385 e. The number of imidazole rings is 1. The van der Waals surface area contributed by atoms with Crippen molar-refractivity contribution < 1.29 is 9.53 Å². The molecule has 5 heteroatoms. The summed E-state index contributed by atoms with van der Waals surface area (Å²) >= 11 is 0. The van der Waals surface area contributed by atoms with Crippen molar-refractivity contribution in [2.75, 3.05) is 20.3 Å². The summed E-state index contributed by atoms with van der Waals surface area (Å²) in [7, 11) is 1.66. The van der Waals surface area contributed by atoms with Crippen LogP contribution in [0.2, 0.25) is 0 Å². The van der Waals surface area contributed by atoms with Gasteiger partial charge in [0, 0.05) is 20.3 Å². The third kappa shape index (κ3) is 3.42. The van der Waals surface area contributed by atoms with Crippen LogP contribution in [0.5, 0.6) is 0 Å². The maximum Gasteiger partial charge on any atom is 0.242 e. The number of fused-ring (bicyclic) bond motifs is 1. The number of methoxy groups -OCH3 is 1. The lowest BCUT2D eigenvalue weighted by Crippen LogP contribution is -2.31. The molecule has 1 amide bonds. The summed E-state index contributed by atoms with van der Waals surface area (Å²) < 4.78 is 6.90. The second-order valence-electron chi connectivity index (χ2n) is 5.39. The molecule has 0 aliphatic carbocycles. The lowest BCUT2D eigenvalue weighted by molar-refractivity contribution is -0.123. The molecule has 0 spiro atoms.